The minimum Gasteiger partial charge on any atom is -0.377 e. The Bertz CT molecular complexity index is 392. The highest BCUT2D eigenvalue weighted by Gasteiger charge is 2.16. The Kier molecular flexibility index (Phi) is 4.86. The smallest absolute Gasteiger partial charge is 0.145 e. The molecule has 0 atom stereocenters. The summed E-state index contributed by atoms with van der Waals surface area (Å²) in [5, 5.41) is 3.23. The normalized spacial score (nSPS) is 11.7. The second kappa shape index (κ2) is 5.97. The predicted molar refractivity (Wildman–Crippen MR) is 73.5 cm³/mol. The van der Waals surface area contributed by atoms with E-state index in [4.69, 9.17) is 10.6 Å². The van der Waals surface area contributed by atoms with E-state index in [1.165, 1.54) is 0 Å². The van der Waals surface area contributed by atoms with Crippen molar-refractivity contribution >= 4 is 11.6 Å². The van der Waals surface area contributed by atoms with Crippen molar-refractivity contribution in [1.29, 1.82) is 0 Å². The largest absolute Gasteiger partial charge is 0.377 e. The Hall–Kier alpha value is -1.40. The number of nitrogens with zero attached hydrogens (tertiary/aromatic N) is 2. The average molecular weight is 253 g/mol. The van der Waals surface area contributed by atoms with Crippen LogP contribution in [0.5, 0.6) is 0 Å². The number of nitrogens with two attached hydrogens (primary N) is 1. The number of nitrogen functional groups attached to an aromatic ring is 1. The number of ether oxygens (including phenoxy) is 1. The van der Waals surface area contributed by atoms with Crippen molar-refractivity contribution in [3.63, 3.8) is 0 Å². The van der Waals surface area contributed by atoms with Crippen molar-refractivity contribution in [3.8, 4) is 0 Å². The van der Waals surface area contributed by atoms with Gasteiger partial charge in [-0.05, 0) is 13.8 Å². The molecule has 0 spiro atoms. The highest BCUT2D eigenvalue weighted by Crippen LogP contribution is 2.17. The zero-order chi connectivity index (χ0) is 13.8. The van der Waals surface area contributed by atoms with Crippen LogP contribution in [0.2, 0.25) is 0 Å². The van der Waals surface area contributed by atoms with Crippen LogP contribution in [-0.4, -0.2) is 29.2 Å². The molecule has 0 bridgehead atoms. The van der Waals surface area contributed by atoms with Crippen LogP contribution in [0.1, 0.15) is 39.4 Å². The molecule has 0 aliphatic heterocycles. The van der Waals surface area contributed by atoms with Crippen LogP contribution >= 0.6 is 0 Å². The van der Waals surface area contributed by atoms with Crippen LogP contribution in [-0.2, 0) is 4.74 Å². The van der Waals surface area contributed by atoms with Crippen LogP contribution in [0, 0.1) is 0 Å². The number of rotatable bonds is 6. The van der Waals surface area contributed by atoms with Crippen molar-refractivity contribution in [1.82, 2.24) is 9.97 Å². The highest BCUT2D eigenvalue weighted by atomic mass is 16.5. The summed E-state index contributed by atoms with van der Waals surface area (Å²) in [6, 6.07) is 1.78. The van der Waals surface area contributed by atoms with Crippen LogP contribution in [0.4, 0.5) is 11.6 Å². The third kappa shape index (κ3) is 4.12. The molecule has 0 saturated carbocycles. The number of hydrogen-bond donors (Lipinski definition) is 3. The Labute approximate surface area is 108 Å². The summed E-state index contributed by atoms with van der Waals surface area (Å²) in [4.78, 5) is 8.74. The first-order valence-corrected chi connectivity index (χ1v) is 6.02. The Morgan fingerprint density at radius 1 is 1.33 bits per heavy atom. The van der Waals surface area contributed by atoms with Gasteiger partial charge in [-0.25, -0.2) is 15.8 Å². The number of methoxy groups -OCH3 is 1. The van der Waals surface area contributed by atoms with Gasteiger partial charge in [-0.1, -0.05) is 13.8 Å². The lowest BCUT2D eigenvalue weighted by Crippen LogP contribution is -2.32. The summed E-state index contributed by atoms with van der Waals surface area (Å²) >= 11 is 0. The zero-order valence-electron chi connectivity index (χ0n) is 11.7. The molecule has 102 valence electrons. The molecular weight excluding hydrogens is 230 g/mol. The molecule has 1 rings (SSSR count). The maximum Gasteiger partial charge on any atom is 0.145 e. The van der Waals surface area contributed by atoms with Crippen molar-refractivity contribution in [2.45, 2.75) is 39.2 Å². The van der Waals surface area contributed by atoms with Crippen molar-refractivity contribution < 1.29 is 4.74 Å². The molecule has 0 amide bonds. The van der Waals surface area contributed by atoms with E-state index in [0.717, 1.165) is 11.6 Å². The Balaban J connectivity index is 2.85. The molecule has 18 heavy (non-hydrogen) atoms. The number of hydrazine groups is 1. The van der Waals surface area contributed by atoms with Crippen LogP contribution < -0.4 is 16.6 Å². The summed E-state index contributed by atoms with van der Waals surface area (Å²) in [7, 11) is 1.69. The molecule has 0 aliphatic carbocycles. The number of nitrogens with one attached hydrogen (secondary N) is 2. The maximum atomic E-state index is 5.40. The molecule has 6 nitrogen and oxygen atoms in total. The topological polar surface area (TPSA) is 85.1 Å². The van der Waals surface area contributed by atoms with Crippen molar-refractivity contribution in [2.24, 2.45) is 5.84 Å². The number of hydrogen-bond acceptors (Lipinski definition) is 6. The van der Waals surface area contributed by atoms with E-state index < -0.39 is 0 Å². The SMILES string of the molecule is COC(C)(C)CNc1cc(NN)nc(C(C)C)n1. The molecule has 0 fully saturated rings. The molecule has 0 saturated heterocycles. The van der Waals surface area contributed by atoms with Crippen molar-refractivity contribution in [3.05, 3.63) is 11.9 Å². The lowest BCUT2D eigenvalue weighted by atomic mass is 10.1. The molecule has 0 aliphatic rings. The molecule has 0 unspecified atom stereocenters. The summed E-state index contributed by atoms with van der Waals surface area (Å²) in [6.45, 7) is 8.75. The van der Waals surface area contributed by atoms with Gasteiger partial charge in [-0.2, -0.15) is 0 Å². The first-order chi connectivity index (χ1) is 8.38. The molecule has 0 aromatic carbocycles. The fourth-order valence-electron chi connectivity index (χ4n) is 1.26. The molecule has 4 N–H and O–H groups in total. The minimum absolute atomic E-state index is 0.245. The predicted octanol–water partition coefficient (Wildman–Crippen LogP) is 1.72. The molecule has 1 aromatic heterocycles. The number of anilines is 2. The molecule has 0 radical (unpaired) electrons. The highest BCUT2D eigenvalue weighted by molar-refractivity contribution is 5.47. The second-order valence-corrected chi connectivity index (χ2v) is 5.11. The van der Waals surface area contributed by atoms with Gasteiger partial charge in [-0.3, -0.25) is 0 Å². The molecular formula is C12H23N5O. The van der Waals surface area contributed by atoms with E-state index in [-0.39, 0.29) is 11.5 Å². The first-order valence-electron chi connectivity index (χ1n) is 6.02. The average Bonchev–Trinajstić information content (AvgIpc) is 2.36. The first kappa shape index (κ1) is 14.7. The molecule has 1 heterocycles. The summed E-state index contributed by atoms with van der Waals surface area (Å²) in [5.41, 5.74) is 2.30. The van der Waals surface area contributed by atoms with Crippen LogP contribution in [0.15, 0.2) is 6.07 Å². The van der Waals surface area contributed by atoms with Gasteiger partial charge in [0.15, 0.2) is 0 Å². The van der Waals surface area contributed by atoms with Gasteiger partial charge in [0.1, 0.15) is 17.5 Å². The van der Waals surface area contributed by atoms with Crippen LogP contribution in [0.3, 0.4) is 0 Å². The van der Waals surface area contributed by atoms with Crippen molar-refractivity contribution in [2.75, 3.05) is 24.4 Å². The van der Waals surface area contributed by atoms with Gasteiger partial charge in [-0.15, -0.1) is 0 Å². The quantitative estimate of drug-likeness (QED) is 0.529. The van der Waals surface area contributed by atoms with Gasteiger partial charge >= 0.3 is 0 Å². The summed E-state index contributed by atoms with van der Waals surface area (Å²) in [6.07, 6.45) is 0. The second-order valence-electron chi connectivity index (χ2n) is 5.11. The Morgan fingerprint density at radius 2 is 1.94 bits per heavy atom. The standard InChI is InChI=1S/C12H23N5O/c1-8(2)11-15-9(6-10(16-11)17-13)14-7-12(3,4)18-5/h6,8H,7,13H2,1-5H3,(H2,14,15,16,17). The molecule has 1 aromatic rings. The molecule has 6 heteroatoms. The van der Waals surface area contributed by atoms with E-state index in [9.17, 15) is 0 Å². The van der Waals surface area contributed by atoms with E-state index in [2.05, 4.69) is 20.7 Å². The van der Waals surface area contributed by atoms with E-state index in [0.29, 0.717) is 12.4 Å². The van der Waals surface area contributed by atoms with Gasteiger partial charge in [0.05, 0.1) is 5.60 Å². The minimum atomic E-state index is -0.251. The monoisotopic (exact) mass is 253 g/mol. The fraction of sp³-hybridized carbons (Fsp3) is 0.667. The zero-order valence-corrected chi connectivity index (χ0v) is 11.7. The fourth-order valence-corrected chi connectivity index (χ4v) is 1.26. The van der Waals surface area contributed by atoms with Gasteiger partial charge in [0, 0.05) is 25.6 Å². The van der Waals surface area contributed by atoms with Crippen LogP contribution in [0.25, 0.3) is 0 Å². The summed E-state index contributed by atoms with van der Waals surface area (Å²) in [5.74, 6) is 7.75. The number of aromatic nitrogens is 2. The maximum absolute atomic E-state index is 5.40. The lowest BCUT2D eigenvalue weighted by molar-refractivity contribution is 0.0343. The van der Waals surface area contributed by atoms with E-state index >= 15 is 0 Å². The van der Waals surface area contributed by atoms with E-state index in [1.807, 2.05) is 27.7 Å². The third-order valence-corrected chi connectivity index (χ3v) is 2.66. The summed E-state index contributed by atoms with van der Waals surface area (Å²) < 4.78 is 5.35. The van der Waals surface area contributed by atoms with E-state index in [1.54, 1.807) is 13.2 Å². The Morgan fingerprint density at radius 3 is 2.44 bits per heavy atom. The van der Waals surface area contributed by atoms with Gasteiger partial charge in [0.25, 0.3) is 0 Å². The third-order valence-electron chi connectivity index (χ3n) is 2.66. The van der Waals surface area contributed by atoms with Gasteiger partial charge in [0.2, 0.25) is 0 Å². The lowest BCUT2D eigenvalue weighted by Gasteiger charge is -2.23. The van der Waals surface area contributed by atoms with Gasteiger partial charge < -0.3 is 15.5 Å².